The molecule has 0 saturated heterocycles. The number of pyridine rings is 1. The number of furan rings is 1. The Bertz CT molecular complexity index is 1810. The number of carbonyl (C=O) groups excluding carboxylic acids is 1. The summed E-state index contributed by atoms with van der Waals surface area (Å²) in [5.41, 5.74) is 7.48. The first kappa shape index (κ1) is 32.6. The average Bonchev–Trinajstić information content (AvgIpc) is 3.35. The van der Waals surface area contributed by atoms with Gasteiger partial charge in [-0.25, -0.2) is 0 Å². The van der Waals surface area contributed by atoms with E-state index in [0.29, 0.717) is 0 Å². The summed E-state index contributed by atoms with van der Waals surface area (Å²) in [5.74, 6) is 0.547. The molecule has 0 amide bonds. The van der Waals surface area contributed by atoms with Crippen LogP contribution in [-0.2, 0) is 30.3 Å². The standard InChI is InChI=1S/C25H18NO.C13H24O2.Ir/c1-14-8-11-18-20-21-19(27-24(14)20)12-13-26-23(21)17-10-9-15-6-4-5-7-16(15)22(17)25(18,2)3;1-5-10(6-2)12(14)9-13(15)11(7-3)8-4;/h4-9,11-13H,1-3H3;9-11,14H,5-8H2,1-4H3;/q-1;;/b;12-9-;. The molecule has 0 unspecified atom stereocenters. The van der Waals surface area contributed by atoms with Gasteiger partial charge in [0.15, 0.2) is 5.78 Å². The molecule has 1 radical (unpaired) electrons. The molecule has 5 heteroatoms. The molecule has 43 heavy (non-hydrogen) atoms. The van der Waals surface area contributed by atoms with Crippen LogP contribution in [0.4, 0.5) is 0 Å². The smallest absolute Gasteiger partial charge is 0.162 e. The molecule has 4 nitrogen and oxygen atoms in total. The number of nitrogens with zero attached hydrogens (tertiary/aromatic N) is 1. The minimum Gasteiger partial charge on any atom is -0.512 e. The minimum absolute atomic E-state index is 0. The number of fused-ring (bicyclic) bond motifs is 4. The van der Waals surface area contributed by atoms with Gasteiger partial charge in [0.1, 0.15) is 11.2 Å². The molecule has 0 atom stereocenters. The van der Waals surface area contributed by atoms with Crippen LogP contribution in [0.1, 0.15) is 83.9 Å². The number of hydrogen-bond donors (Lipinski definition) is 1. The van der Waals surface area contributed by atoms with Crippen LogP contribution in [-0.4, -0.2) is 15.9 Å². The normalized spacial score (nSPS) is 13.7. The Labute approximate surface area is 268 Å². The molecule has 0 aliphatic heterocycles. The maximum atomic E-state index is 11.7. The van der Waals surface area contributed by atoms with E-state index in [-0.39, 0.29) is 48.9 Å². The Morgan fingerprint density at radius 3 is 2.33 bits per heavy atom. The summed E-state index contributed by atoms with van der Waals surface area (Å²) >= 11 is 0. The molecular weight excluding hydrogens is 711 g/mol. The van der Waals surface area contributed by atoms with Crippen molar-refractivity contribution in [1.29, 1.82) is 0 Å². The maximum absolute atomic E-state index is 11.7. The number of benzene rings is 3. The summed E-state index contributed by atoms with van der Waals surface area (Å²) in [6.45, 7) is 14.8. The van der Waals surface area contributed by atoms with Crippen LogP contribution >= 0.6 is 0 Å². The monoisotopic (exact) mass is 753 g/mol. The molecular formula is C38H42IrNO3-. The van der Waals surface area contributed by atoms with Gasteiger partial charge in [-0.05, 0) is 60.9 Å². The fraction of sp³-hybridized carbons (Fsp3) is 0.368. The van der Waals surface area contributed by atoms with Crippen molar-refractivity contribution < 1.29 is 34.4 Å². The van der Waals surface area contributed by atoms with Gasteiger partial charge in [-0.3, -0.25) is 4.79 Å². The van der Waals surface area contributed by atoms with Crippen LogP contribution in [0, 0.1) is 24.8 Å². The van der Waals surface area contributed by atoms with E-state index in [9.17, 15) is 9.90 Å². The molecule has 0 saturated carbocycles. The number of aryl methyl sites for hydroxylation is 1. The predicted octanol–water partition coefficient (Wildman–Crippen LogP) is 10.4. The van der Waals surface area contributed by atoms with Crippen LogP contribution in [0.3, 0.4) is 0 Å². The average molecular weight is 753 g/mol. The van der Waals surface area contributed by atoms with Crippen molar-refractivity contribution in [3.8, 4) is 11.3 Å². The molecule has 2 aromatic heterocycles. The zero-order valence-corrected chi connectivity index (χ0v) is 28.7. The SMILES string of the molecule is CCC(CC)C(=O)/C=C(\O)C(CC)CC.Cc1ccc2c3c1oc1ccnc(c13)-c1[c-]cc3ccccc3c1C2(C)C.[Ir]. The van der Waals surface area contributed by atoms with Crippen LogP contribution in [0.5, 0.6) is 0 Å². The summed E-state index contributed by atoms with van der Waals surface area (Å²) in [7, 11) is 0. The fourth-order valence-corrected chi connectivity index (χ4v) is 6.61. The molecule has 1 aliphatic carbocycles. The molecule has 0 bridgehead atoms. The number of allylic oxidation sites excluding steroid dienone is 2. The zero-order chi connectivity index (χ0) is 30.2. The summed E-state index contributed by atoms with van der Waals surface area (Å²) in [4.78, 5) is 16.5. The number of hydrogen-bond acceptors (Lipinski definition) is 4. The summed E-state index contributed by atoms with van der Waals surface area (Å²) in [5, 5.41) is 14.6. The van der Waals surface area contributed by atoms with E-state index < -0.39 is 0 Å². The largest absolute Gasteiger partial charge is 0.512 e. The molecule has 5 aromatic rings. The van der Waals surface area contributed by atoms with Gasteiger partial charge in [-0.2, -0.15) is 0 Å². The number of aromatic nitrogens is 1. The van der Waals surface area contributed by atoms with E-state index in [1.165, 1.54) is 33.4 Å². The first-order valence-corrected chi connectivity index (χ1v) is 15.4. The zero-order valence-electron chi connectivity index (χ0n) is 26.3. The molecule has 0 fully saturated rings. The molecule has 0 spiro atoms. The van der Waals surface area contributed by atoms with E-state index >= 15 is 0 Å². The third kappa shape index (κ3) is 5.70. The van der Waals surface area contributed by atoms with Crippen molar-refractivity contribution >= 4 is 38.5 Å². The number of carbonyl (C=O) groups is 1. The first-order valence-electron chi connectivity index (χ1n) is 15.4. The van der Waals surface area contributed by atoms with Crippen molar-refractivity contribution in [2.75, 3.05) is 0 Å². The van der Waals surface area contributed by atoms with E-state index in [4.69, 9.17) is 9.40 Å². The van der Waals surface area contributed by atoms with Gasteiger partial charge in [0.2, 0.25) is 0 Å². The molecule has 1 aliphatic rings. The predicted molar refractivity (Wildman–Crippen MR) is 174 cm³/mol. The topological polar surface area (TPSA) is 63.3 Å². The van der Waals surface area contributed by atoms with Crippen LogP contribution in [0.25, 0.3) is 44.0 Å². The van der Waals surface area contributed by atoms with Gasteiger partial charge < -0.3 is 14.5 Å². The van der Waals surface area contributed by atoms with Gasteiger partial charge in [0.25, 0.3) is 0 Å². The minimum atomic E-state index is -0.198. The van der Waals surface area contributed by atoms with Crippen LogP contribution in [0.2, 0.25) is 0 Å². The van der Waals surface area contributed by atoms with Gasteiger partial charge in [-0.15, -0.1) is 23.3 Å². The fourth-order valence-electron chi connectivity index (χ4n) is 6.61. The Balaban J connectivity index is 0.000000230. The molecule has 227 valence electrons. The van der Waals surface area contributed by atoms with Crippen molar-refractivity contribution in [3.63, 3.8) is 0 Å². The quantitative estimate of drug-likeness (QED) is 0.102. The Morgan fingerprint density at radius 2 is 1.65 bits per heavy atom. The third-order valence-corrected chi connectivity index (χ3v) is 9.20. The maximum Gasteiger partial charge on any atom is 0.162 e. The van der Waals surface area contributed by atoms with E-state index in [2.05, 4.69) is 69.3 Å². The van der Waals surface area contributed by atoms with Crippen molar-refractivity contribution in [3.05, 3.63) is 89.3 Å². The second kappa shape index (κ2) is 13.2. The van der Waals surface area contributed by atoms with Gasteiger partial charge in [-0.1, -0.05) is 88.7 Å². The summed E-state index contributed by atoms with van der Waals surface area (Å²) in [6.07, 6.45) is 6.75. The third-order valence-electron chi connectivity index (χ3n) is 9.20. The first-order chi connectivity index (χ1) is 20.2. The van der Waals surface area contributed by atoms with Gasteiger partial charge in [0, 0.05) is 55.0 Å². The summed E-state index contributed by atoms with van der Waals surface area (Å²) in [6, 6.07) is 20.6. The van der Waals surface area contributed by atoms with Crippen molar-refractivity contribution in [1.82, 2.24) is 4.98 Å². The molecule has 3 aromatic carbocycles. The summed E-state index contributed by atoms with van der Waals surface area (Å²) < 4.78 is 6.28. The number of rotatable bonds is 7. The molecule has 2 heterocycles. The van der Waals surface area contributed by atoms with E-state index in [1.807, 2.05) is 40.0 Å². The van der Waals surface area contributed by atoms with Crippen LogP contribution < -0.4 is 0 Å². The van der Waals surface area contributed by atoms with Gasteiger partial charge >= 0.3 is 0 Å². The number of ketones is 1. The molecule has 6 rings (SSSR count). The van der Waals surface area contributed by atoms with E-state index in [1.54, 1.807) is 0 Å². The van der Waals surface area contributed by atoms with Crippen molar-refractivity contribution in [2.45, 2.75) is 79.6 Å². The number of aliphatic hydroxyl groups is 1. The van der Waals surface area contributed by atoms with Crippen molar-refractivity contribution in [2.24, 2.45) is 11.8 Å². The number of aliphatic hydroxyl groups excluding tert-OH is 1. The Hall–Kier alpha value is -3.27. The second-order valence-electron chi connectivity index (χ2n) is 12.0. The Morgan fingerprint density at radius 1 is 0.977 bits per heavy atom. The van der Waals surface area contributed by atoms with Gasteiger partial charge in [0.05, 0.1) is 5.76 Å². The second-order valence-corrected chi connectivity index (χ2v) is 12.0. The van der Waals surface area contributed by atoms with E-state index in [0.717, 1.165) is 59.1 Å². The Kier molecular flexibility index (Phi) is 9.99. The van der Waals surface area contributed by atoms with Crippen LogP contribution in [0.15, 0.2) is 71.0 Å². The molecule has 1 N–H and O–H groups in total.